The summed E-state index contributed by atoms with van der Waals surface area (Å²) in [5.74, 6) is 1.34. The van der Waals surface area contributed by atoms with Crippen molar-refractivity contribution < 1.29 is 13.9 Å². The molecule has 0 bridgehead atoms. The molecule has 0 spiro atoms. The molecule has 0 aliphatic carbocycles. The van der Waals surface area contributed by atoms with Crippen LogP contribution in [-0.2, 0) is 6.54 Å². The molecule has 1 amide bonds. The fourth-order valence-electron chi connectivity index (χ4n) is 1.46. The van der Waals surface area contributed by atoms with Gasteiger partial charge in [0.15, 0.2) is 5.76 Å². The van der Waals surface area contributed by atoms with Crippen LogP contribution in [-0.4, -0.2) is 18.0 Å². The number of nitrogens with zero attached hydrogens (tertiary/aromatic N) is 1. The van der Waals surface area contributed by atoms with Gasteiger partial charge in [-0.05, 0) is 24.6 Å². The Labute approximate surface area is 105 Å². The molecule has 0 atom stereocenters. The van der Waals surface area contributed by atoms with Gasteiger partial charge in [-0.15, -0.1) is 0 Å². The summed E-state index contributed by atoms with van der Waals surface area (Å²) in [4.78, 5) is 15.8. The molecule has 0 radical (unpaired) electrons. The Morgan fingerprint density at radius 3 is 2.78 bits per heavy atom. The first-order valence-electron chi connectivity index (χ1n) is 5.52. The van der Waals surface area contributed by atoms with Crippen molar-refractivity contribution in [1.29, 1.82) is 0 Å². The van der Waals surface area contributed by atoms with Crippen LogP contribution in [0.1, 0.15) is 21.9 Å². The molecular formula is C13H14N2O3. The van der Waals surface area contributed by atoms with Gasteiger partial charge >= 0.3 is 0 Å². The van der Waals surface area contributed by atoms with Gasteiger partial charge in [0, 0.05) is 18.8 Å². The molecule has 0 fully saturated rings. The van der Waals surface area contributed by atoms with Crippen LogP contribution < -0.4 is 10.1 Å². The van der Waals surface area contributed by atoms with Crippen LogP contribution in [0.5, 0.6) is 5.88 Å². The van der Waals surface area contributed by atoms with Gasteiger partial charge in [0.25, 0.3) is 5.91 Å². The lowest BCUT2D eigenvalue weighted by Gasteiger charge is -2.04. The second-order valence-electron chi connectivity index (χ2n) is 3.80. The smallest absolute Gasteiger partial charge is 0.287 e. The quantitative estimate of drug-likeness (QED) is 0.895. The summed E-state index contributed by atoms with van der Waals surface area (Å²) in [5, 5.41) is 2.75. The minimum atomic E-state index is -0.237. The van der Waals surface area contributed by atoms with Crippen molar-refractivity contribution in [1.82, 2.24) is 10.3 Å². The zero-order chi connectivity index (χ0) is 13.0. The molecule has 0 aromatic carbocycles. The van der Waals surface area contributed by atoms with Crippen molar-refractivity contribution >= 4 is 5.91 Å². The average molecular weight is 246 g/mol. The van der Waals surface area contributed by atoms with E-state index in [1.165, 1.54) is 0 Å². The van der Waals surface area contributed by atoms with Crippen LogP contribution in [0.15, 0.2) is 34.9 Å². The van der Waals surface area contributed by atoms with Gasteiger partial charge < -0.3 is 14.5 Å². The van der Waals surface area contributed by atoms with Gasteiger partial charge in [-0.3, -0.25) is 4.79 Å². The lowest BCUT2D eigenvalue weighted by atomic mass is 10.3. The maximum Gasteiger partial charge on any atom is 0.287 e. The highest BCUT2D eigenvalue weighted by atomic mass is 16.5. The first-order chi connectivity index (χ1) is 8.69. The highest BCUT2D eigenvalue weighted by molar-refractivity contribution is 5.91. The summed E-state index contributed by atoms with van der Waals surface area (Å²) in [6.07, 6.45) is 1.66. The SMILES string of the molecule is COc1ccc(CNC(=O)c2ccc(C)o2)cn1. The summed E-state index contributed by atoms with van der Waals surface area (Å²) in [7, 11) is 1.56. The number of rotatable bonds is 4. The maximum absolute atomic E-state index is 11.7. The molecule has 5 nitrogen and oxygen atoms in total. The second-order valence-corrected chi connectivity index (χ2v) is 3.80. The molecule has 18 heavy (non-hydrogen) atoms. The molecule has 0 saturated carbocycles. The van der Waals surface area contributed by atoms with E-state index >= 15 is 0 Å². The van der Waals surface area contributed by atoms with E-state index in [0.717, 1.165) is 5.56 Å². The van der Waals surface area contributed by atoms with E-state index in [9.17, 15) is 4.79 Å². The van der Waals surface area contributed by atoms with Crippen molar-refractivity contribution in [2.45, 2.75) is 13.5 Å². The van der Waals surface area contributed by atoms with Crippen molar-refractivity contribution in [2.24, 2.45) is 0 Å². The monoisotopic (exact) mass is 246 g/mol. The predicted octanol–water partition coefficient (Wildman–Crippen LogP) is 1.92. The third-order valence-electron chi connectivity index (χ3n) is 2.42. The number of carbonyl (C=O) groups is 1. The van der Waals surface area contributed by atoms with Crippen LogP contribution in [0.4, 0.5) is 0 Å². The molecule has 0 saturated heterocycles. The maximum atomic E-state index is 11.7. The highest BCUT2D eigenvalue weighted by Gasteiger charge is 2.09. The number of hydrogen-bond acceptors (Lipinski definition) is 4. The largest absolute Gasteiger partial charge is 0.481 e. The van der Waals surface area contributed by atoms with Crippen molar-refractivity contribution in [3.05, 3.63) is 47.5 Å². The Bertz CT molecular complexity index is 531. The molecule has 94 valence electrons. The topological polar surface area (TPSA) is 64.4 Å². The summed E-state index contributed by atoms with van der Waals surface area (Å²) < 4.78 is 10.2. The van der Waals surface area contributed by atoms with Crippen molar-refractivity contribution in [3.8, 4) is 5.88 Å². The first-order valence-corrected chi connectivity index (χ1v) is 5.52. The van der Waals surface area contributed by atoms with Crippen LogP contribution in [0.2, 0.25) is 0 Å². The Hall–Kier alpha value is -2.30. The van der Waals surface area contributed by atoms with Gasteiger partial charge in [0.2, 0.25) is 5.88 Å². The van der Waals surface area contributed by atoms with Crippen LogP contribution in [0.25, 0.3) is 0 Å². The van der Waals surface area contributed by atoms with Gasteiger partial charge in [-0.1, -0.05) is 6.07 Å². The normalized spacial score (nSPS) is 10.1. The second kappa shape index (κ2) is 5.35. The Kier molecular flexibility index (Phi) is 3.62. The number of aryl methyl sites for hydroxylation is 1. The third kappa shape index (κ3) is 2.88. The summed E-state index contributed by atoms with van der Waals surface area (Å²) >= 11 is 0. The predicted molar refractivity (Wildman–Crippen MR) is 65.4 cm³/mol. The fourth-order valence-corrected chi connectivity index (χ4v) is 1.46. The number of carbonyl (C=O) groups excluding carboxylic acids is 1. The molecule has 5 heteroatoms. The molecule has 0 unspecified atom stereocenters. The van der Waals surface area contributed by atoms with E-state index in [1.807, 2.05) is 6.07 Å². The molecular weight excluding hydrogens is 232 g/mol. The van der Waals surface area contributed by atoms with E-state index in [1.54, 1.807) is 38.4 Å². The molecule has 0 aliphatic rings. The summed E-state index contributed by atoms with van der Waals surface area (Å²) in [6, 6.07) is 7.00. The van der Waals surface area contributed by atoms with Gasteiger partial charge in [0.1, 0.15) is 5.76 Å². The van der Waals surface area contributed by atoms with Gasteiger partial charge in [-0.2, -0.15) is 0 Å². The molecule has 2 aromatic rings. The standard InChI is InChI=1S/C13H14N2O3/c1-9-3-5-11(18-9)13(16)15-8-10-4-6-12(17-2)14-7-10/h3-7H,8H2,1-2H3,(H,15,16). The number of furan rings is 1. The number of hydrogen-bond donors (Lipinski definition) is 1. The Balaban J connectivity index is 1.92. The lowest BCUT2D eigenvalue weighted by Crippen LogP contribution is -2.22. The summed E-state index contributed by atoms with van der Waals surface area (Å²) in [5.41, 5.74) is 0.896. The first kappa shape index (κ1) is 12.2. The molecule has 2 rings (SSSR count). The van der Waals surface area contributed by atoms with Crippen molar-refractivity contribution in [3.63, 3.8) is 0 Å². The molecule has 2 heterocycles. The zero-order valence-corrected chi connectivity index (χ0v) is 10.3. The molecule has 1 N–H and O–H groups in total. The van der Waals surface area contributed by atoms with Crippen LogP contribution in [0.3, 0.4) is 0 Å². The van der Waals surface area contributed by atoms with E-state index in [0.29, 0.717) is 23.9 Å². The number of methoxy groups -OCH3 is 1. The number of aromatic nitrogens is 1. The minimum absolute atomic E-state index is 0.237. The van der Waals surface area contributed by atoms with Crippen molar-refractivity contribution in [2.75, 3.05) is 7.11 Å². The number of pyridine rings is 1. The van der Waals surface area contributed by atoms with Crippen LogP contribution in [0, 0.1) is 6.92 Å². The molecule has 2 aromatic heterocycles. The van der Waals surface area contributed by atoms with Gasteiger partial charge in [-0.25, -0.2) is 4.98 Å². The highest BCUT2D eigenvalue weighted by Crippen LogP contribution is 2.08. The average Bonchev–Trinajstić information content (AvgIpc) is 2.83. The number of ether oxygens (including phenoxy) is 1. The zero-order valence-electron chi connectivity index (χ0n) is 10.3. The Morgan fingerprint density at radius 2 is 2.22 bits per heavy atom. The van der Waals surface area contributed by atoms with E-state index in [4.69, 9.17) is 9.15 Å². The van der Waals surface area contributed by atoms with E-state index in [2.05, 4.69) is 10.3 Å². The van der Waals surface area contributed by atoms with Gasteiger partial charge in [0.05, 0.1) is 7.11 Å². The fraction of sp³-hybridized carbons (Fsp3) is 0.231. The number of amides is 1. The summed E-state index contributed by atoms with van der Waals surface area (Å²) in [6.45, 7) is 2.19. The third-order valence-corrected chi connectivity index (χ3v) is 2.42. The Morgan fingerprint density at radius 1 is 1.39 bits per heavy atom. The lowest BCUT2D eigenvalue weighted by molar-refractivity contribution is 0.0922. The minimum Gasteiger partial charge on any atom is -0.481 e. The van der Waals surface area contributed by atoms with E-state index in [-0.39, 0.29) is 5.91 Å². The number of nitrogens with one attached hydrogen (secondary N) is 1. The van der Waals surface area contributed by atoms with E-state index < -0.39 is 0 Å². The molecule has 0 aliphatic heterocycles. The van der Waals surface area contributed by atoms with Crippen LogP contribution >= 0.6 is 0 Å².